The third kappa shape index (κ3) is 7.03. The Hall–Kier alpha value is -3.97. The number of hydrogen-bond donors (Lipinski definition) is 3. The number of amides is 2. The lowest BCUT2D eigenvalue weighted by atomic mass is 9.88. The molecule has 0 bridgehead atoms. The third-order valence-electron chi connectivity index (χ3n) is 7.43. The first-order valence-electron chi connectivity index (χ1n) is 14.7. The van der Waals surface area contributed by atoms with E-state index in [9.17, 15) is 14.7 Å². The molecule has 2 aromatic heterocycles. The number of carbonyl (C=O) groups excluding carboxylic acids is 1. The van der Waals surface area contributed by atoms with Gasteiger partial charge in [-0.2, -0.15) is 0 Å². The molecule has 2 amide bonds. The number of pyridine rings is 2. The van der Waals surface area contributed by atoms with Crippen LogP contribution >= 0.6 is 0 Å². The van der Waals surface area contributed by atoms with Crippen molar-refractivity contribution in [2.45, 2.75) is 72.1 Å². The van der Waals surface area contributed by atoms with Gasteiger partial charge < -0.3 is 15.4 Å². The molecule has 0 aliphatic rings. The van der Waals surface area contributed by atoms with Crippen molar-refractivity contribution in [3.05, 3.63) is 87.8 Å². The van der Waals surface area contributed by atoms with Crippen molar-refractivity contribution in [2.75, 3.05) is 23.4 Å². The highest BCUT2D eigenvalue weighted by Crippen LogP contribution is 2.38. The SMILES string of the molecule is CCCCN(C(=O)Nc1c(C(C)C)cc(-c2cccc(CCCO)c2)cc1C(C)C)c1cc2cccnc2[nH]c1=O. The molecule has 0 unspecified atom stereocenters. The zero-order valence-electron chi connectivity index (χ0n) is 24.8. The molecule has 0 aliphatic heterocycles. The Balaban J connectivity index is 1.77. The summed E-state index contributed by atoms with van der Waals surface area (Å²) in [5, 5.41) is 13.3. The minimum atomic E-state index is -0.341. The Morgan fingerprint density at radius 3 is 2.37 bits per heavy atom. The van der Waals surface area contributed by atoms with Crippen LogP contribution in [0.15, 0.2) is 65.6 Å². The first-order valence-corrected chi connectivity index (χ1v) is 14.7. The van der Waals surface area contributed by atoms with Gasteiger partial charge in [-0.25, -0.2) is 9.78 Å². The van der Waals surface area contributed by atoms with Gasteiger partial charge in [0.05, 0.1) is 0 Å². The number of unbranched alkanes of at least 4 members (excludes halogenated alkanes) is 1. The fourth-order valence-electron chi connectivity index (χ4n) is 5.14. The Bertz CT molecular complexity index is 1530. The summed E-state index contributed by atoms with van der Waals surface area (Å²) in [6.45, 7) is 11.2. The molecule has 2 heterocycles. The molecule has 4 rings (SSSR count). The van der Waals surface area contributed by atoms with Crippen molar-refractivity contribution in [3.8, 4) is 11.1 Å². The third-order valence-corrected chi connectivity index (χ3v) is 7.43. The van der Waals surface area contributed by atoms with E-state index in [0.29, 0.717) is 17.9 Å². The van der Waals surface area contributed by atoms with Crippen LogP contribution in [0, 0.1) is 0 Å². The normalized spacial score (nSPS) is 11.4. The van der Waals surface area contributed by atoms with Crippen LogP contribution in [0.25, 0.3) is 22.2 Å². The fraction of sp³-hybridized carbons (Fsp3) is 0.382. The van der Waals surface area contributed by atoms with Crippen LogP contribution in [0.4, 0.5) is 16.2 Å². The van der Waals surface area contributed by atoms with E-state index < -0.39 is 0 Å². The number of aliphatic hydroxyl groups is 1. The van der Waals surface area contributed by atoms with Gasteiger partial charge in [0.15, 0.2) is 0 Å². The minimum absolute atomic E-state index is 0.152. The average Bonchev–Trinajstić information content (AvgIpc) is 2.96. The monoisotopic (exact) mass is 554 g/mol. The van der Waals surface area contributed by atoms with Gasteiger partial charge in [0, 0.05) is 30.4 Å². The molecular formula is C34H42N4O3. The number of rotatable bonds is 11. The number of anilines is 2. The second kappa shape index (κ2) is 13.6. The van der Waals surface area contributed by atoms with Crippen LogP contribution in [0.5, 0.6) is 0 Å². The Kier molecular flexibility index (Phi) is 9.95. The maximum absolute atomic E-state index is 14.0. The van der Waals surface area contributed by atoms with Gasteiger partial charge in [0.25, 0.3) is 5.56 Å². The number of nitrogens with zero attached hydrogens (tertiary/aromatic N) is 2. The summed E-state index contributed by atoms with van der Waals surface area (Å²) >= 11 is 0. The zero-order valence-corrected chi connectivity index (χ0v) is 24.8. The van der Waals surface area contributed by atoms with Gasteiger partial charge in [-0.05, 0) is 89.2 Å². The Labute approximate surface area is 242 Å². The van der Waals surface area contributed by atoms with Crippen LogP contribution < -0.4 is 15.8 Å². The van der Waals surface area contributed by atoms with Crippen LogP contribution in [0.2, 0.25) is 0 Å². The molecule has 41 heavy (non-hydrogen) atoms. The Morgan fingerprint density at radius 1 is 0.976 bits per heavy atom. The number of fused-ring (bicyclic) bond motifs is 1. The number of aromatic amines is 1. The largest absolute Gasteiger partial charge is 0.396 e. The van der Waals surface area contributed by atoms with Gasteiger partial charge in [-0.3, -0.25) is 9.69 Å². The molecule has 0 saturated carbocycles. The lowest BCUT2D eigenvalue weighted by Gasteiger charge is -2.27. The molecule has 0 atom stereocenters. The molecule has 3 N–H and O–H groups in total. The van der Waals surface area contributed by atoms with E-state index in [1.54, 1.807) is 17.2 Å². The average molecular weight is 555 g/mol. The molecule has 7 nitrogen and oxygen atoms in total. The first-order chi connectivity index (χ1) is 19.7. The molecule has 0 aliphatic carbocycles. The van der Waals surface area contributed by atoms with Crippen LogP contribution in [-0.2, 0) is 6.42 Å². The number of benzene rings is 2. The van der Waals surface area contributed by atoms with Crippen molar-refractivity contribution < 1.29 is 9.90 Å². The minimum Gasteiger partial charge on any atom is -0.396 e. The quantitative estimate of drug-likeness (QED) is 0.178. The molecule has 0 radical (unpaired) electrons. The van der Waals surface area contributed by atoms with Gasteiger partial charge in [0.2, 0.25) is 0 Å². The van der Waals surface area contributed by atoms with Crippen LogP contribution in [0.1, 0.15) is 82.4 Å². The predicted molar refractivity (Wildman–Crippen MR) is 169 cm³/mol. The molecule has 4 aromatic rings. The van der Waals surface area contributed by atoms with E-state index in [1.807, 2.05) is 12.1 Å². The number of aryl methyl sites for hydroxylation is 1. The highest BCUT2D eigenvalue weighted by atomic mass is 16.3. The van der Waals surface area contributed by atoms with E-state index in [4.69, 9.17) is 0 Å². The maximum atomic E-state index is 14.0. The van der Waals surface area contributed by atoms with Gasteiger partial charge in [-0.1, -0.05) is 65.3 Å². The highest BCUT2D eigenvalue weighted by Gasteiger charge is 2.24. The summed E-state index contributed by atoms with van der Waals surface area (Å²) in [5.74, 6) is 0.305. The van der Waals surface area contributed by atoms with Crippen molar-refractivity contribution >= 4 is 28.4 Å². The molecule has 7 heteroatoms. The fourth-order valence-corrected chi connectivity index (χ4v) is 5.14. The van der Waals surface area contributed by atoms with E-state index in [2.05, 4.69) is 86.3 Å². The number of hydrogen-bond acceptors (Lipinski definition) is 4. The zero-order chi connectivity index (χ0) is 29.5. The smallest absolute Gasteiger partial charge is 0.326 e. The van der Waals surface area contributed by atoms with E-state index in [-0.39, 0.29) is 30.0 Å². The van der Waals surface area contributed by atoms with Crippen LogP contribution in [0.3, 0.4) is 0 Å². The topological polar surface area (TPSA) is 98.3 Å². The van der Waals surface area contributed by atoms with E-state index in [0.717, 1.165) is 59.0 Å². The second-order valence-electron chi connectivity index (χ2n) is 11.2. The van der Waals surface area contributed by atoms with Crippen molar-refractivity contribution in [2.24, 2.45) is 0 Å². The number of aliphatic hydroxyl groups excluding tert-OH is 1. The molecule has 0 spiro atoms. The second-order valence-corrected chi connectivity index (χ2v) is 11.2. The molecule has 216 valence electrons. The molecule has 0 fully saturated rings. The van der Waals surface area contributed by atoms with Gasteiger partial charge in [0.1, 0.15) is 11.3 Å². The lowest BCUT2D eigenvalue weighted by Crippen LogP contribution is -2.39. The summed E-state index contributed by atoms with van der Waals surface area (Å²) in [6.07, 6.45) is 4.84. The summed E-state index contributed by atoms with van der Waals surface area (Å²) in [5.41, 5.74) is 6.77. The summed E-state index contributed by atoms with van der Waals surface area (Å²) < 4.78 is 0. The van der Waals surface area contributed by atoms with Gasteiger partial charge >= 0.3 is 6.03 Å². The Morgan fingerprint density at radius 2 is 1.71 bits per heavy atom. The summed E-state index contributed by atoms with van der Waals surface area (Å²) in [4.78, 5) is 35.7. The number of aromatic nitrogens is 2. The maximum Gasteiger partial charge on any atom is 0.326 e. The number of nitrogens with one attached hydrogen (secondary N) is 2. The van der Waals surface area contributed by atoms with Crippen molar-refractivity contribution in [3.63, 3.8) is 0 Å². The highest BCUT2D eigenvalue weighted by molar-refractivity contribution is 6.03. The van der Waals surface area contributed by atoms with Crippen molar-refractivity contribution in [1.29, 1.82) is 0 Å². The number of urea groups is 1. The van der Waals surface area contributed by atoms with E-state index >= 15 is 0 Å². The summed E-state index contributed by atoms with van der Waals surface area (Å²) in [7, 11) is 0. The van der Waals surface area contributed by atoms with Crippen LogP contribution in [-0.4, -0.2) is 34.3 Å². The predicted octanol–water partition coefficient (Wildman–Crippen LogP) is 7.60. The molecule has 0 saturated heterocycles. The first kappa shape index (κ1) is 30.0. The lowest BCUT2D eigenvalue weighted by molar-refractivity contribution is 0.256. The van der Waals surface area contributed by atoms with E-state index in [1.165, 1.54) is 5.56 Å². The molecular weight excluding hydrogens is 512 g/mol. The standard InChI is InChI=1S/C34H42N4O3/c1-6-7-16-38(30-21-26-14-9-15-35-32(26)37-33(30)40)34(41)36-31-28(22(2)3)19-27(20-29(31)23(4)5)25-13-8-11-24(18-25)12-10-17-39/h8-9,11,13-15,18-23,39H,6-7,10,12,16-17H2,1-5H3,(H,36,41)(H,35,37,40). The van der Waals surface area contributed by atoms with Gasteiger partial charge in [-0.15, -0.1) is 0 Å². The number of carbonyl (C=O) groups is 1. The van der Waals surface area contributed by atoms with Crippen molar-refractivity contribution in [1.82, 2.24) is 9.97 Å². The summed E-state index contributed by atoms with van der Waals surface area (Å²) in [6, 6.07) is 17.9. The number of H-pyrrole nitrogens is 1. The molecule has 2 aromatic carbocycles.